The van der Waals surface area contributed by atoms with E-state index in [1.807, 2.05) is 0 Å². The Labute approximate surface area is 196 Å². The topological polar surface area (TPSA) is 120 Å². The van der Waals surface area contributed by atoms with Crippen LogP contribution in [0.25, 0.3) is 0 Å². The standard InChI is InChI=1S/C22H23ClN2O7S/c1-4-32-21(26)19-17(12-33(28,29)15-8-9-18(31-3)16(23)11-15)24-22(27)25-20(19)13-6-5-7-14(10-13)30-2/h5-11,20H,4,12H2,1-3H3,(H2,24,25,27)/t20-/m0/s1. The van der Waals surface area contributed by atoms with Crippen molar-refractivity contribution in [2.45, 2.75) is 17.9 Å². The Kier molecular flexibility index (Phi) is 7.50. The smallest absolute Gasteiger partial charge is 0.338 e. The molecule has 0 aromatic heterocycles. The molecule has 176 valence electrons. The van der Waals surface area contributed by atoms with Gasteiger partial charge in [-0.25, -0.2) is 18.0 Å². The van der Waals surface area contributed by atoms with E-state index in [0.717, 1.165) is 0 Å². The number of amides is 2. The zero-order chi connectivity index (χ0) is 24.2. The molecule has 0 spiro atoms. The summed E-state index contributed by atoms with van der Waals surface area (Å²) in [6.45, 7) is 1.69. The van der Waals surface area contributed by atoms with Crippen molar-refractivity contribution in [3.8, 4) is 11.5 Å². The molecule has 1 atom stereocenters. The maximum absolute atomic E-state index is 13.2. The first-order chi connectivity index (χ1) is 15.7. The minimum absolute atomic E-state index is 0.0205. The third-order valence-electron chi connectivity index (χ3n) is 4.89. The summed E-state index contributed by atoms with van der Waals surface area (Å²) in [5.74, 6) is -0.589. The highest BCUT2D eigenvalue weighted by molar-refractivity contribution is 7.91. The Bertz CT molecular complexity index is 1210. The first-order valence-electron chi connectivity index (χ1n) is 9.88. The SMILES string of the molecule is CCOC(=O)C1=C(CS(=O)(=O)c2ccc(OC)c(Cl)c2)NC(=O)N[C@H]1c1cccc(OC)c1. The van der Waals surface area contributed by atoms with Crippen molar-refractivity contribution in [2.24, 2.45) is 0 Å². The summed E-state index contributed by atoms with van der Waals surface area (Å²) in [7, 11) is -1.11. The first kappa shape index (κ1) is 24.4. The van der Waals surface area contributed by atoms with Crippen molar-refractivity contribution in [3.63, 3.8) is 0 Å². The fraction of sp³-hybridized carbons (Fsp3) is 0.273. The van der Waals surface area contributed by atoms with E-state index in [4.69, 9.17) is 25.8 Å². The van der Waals surface area contributed by atoms with E-state index in [9.17, 15) is 18.0 Å². The molecule has 0 radical (unpaired) electrons. The lowest BCUT2D eigenvalue weighted by Crippen LogP contribution is -2.47. The van der Waals surface area contributed by atoms with Gasteiger partial charge < -0.3 is 24.8 Å². The number of hydrogen-bond acceptors (Lipinski definition) is 7. The number of hydrogen-bond donors (Lipinski definition) is 2. The molecule has 1 heterocycles. The summed E-state index contributed by atoms with van der Waals surface area (Å²) >= 11 is 6.09. The van der Waals surface area contributed by atoms with Crippen molar-refractivity contribution >= 4 is 33.4 Å². The molecular formula is C22H23ClN2O7S. The average molecular weight is 495 g/mol. The van der Waals surface area contributed by atoms with Crippen LogP contribution in [0.4, 0.5) is 4.79 Å². The van der Waals surface area contributed by atoms with Gasteiger partial charge in [-0.1, -0.05) is 23.7 Å². The summed E-state index contributed by atoms with van der Waals surface area (Å²) in [4.78, 5) is 25.2. The van der Waals surface area contributed by atoms with E-state index in [2.05, 4.69) is 10.6 Å². The molecule has 2 N–H and O–H groups in total. The van der Waals surface area contributed by atoms with Gasteiger partial charge in [0.25, 0.3) is 0 Å². The third kappa shape index (κ3) is 5.40. The predicted molar refractivity (Wildman–Crippen MR) is 121 cm³/mol. The van der Waals surface area contributed by atoms with Crippen LogP contribution in [0, 0.1) is 0 Å². The van der Waals surface area contributed by atoms with Crippen LogP contribution in [0.15, 0.2) is 58.6 Å². The summed E-state index contributed by atoms with van der Waals surface area (Å²) < 4.78 is 41.8. The molecule has 0 saturated carbocycles. The van der Waals surface area contributed by atoms with E-state index >= 15 is 0 Å². The highest BCUT2D eigenvalue weighted by atomic mass is 35.5. The number of esters is 1. The Balaban J connectivity index is 2.10. The number of benzene rings is 2. The number of carbonyl (C=O) groups excluding carboxylic acids is 2. The van der Waals surface area contributed by atoms with Gasteiger partial charge >= 0.3 is 12.0 Å². The minimum atomic E-state index is -4.00. The number of sulfone groups is 1. The van der Waals surface area contributed by atoms with Crippen LogP contribution in [0.1, 0.15) is 18.5 Å². The summed E-state index contributed by atoms with van der Waals surface area (Å²) in [6.07, 6.45) is 0. The number of methoxy groups -OCH3 is 2. The summed E-state index contributed by atoms with van der Waals surface area (Å²) in [6, 6.07) is 9.15. The highest BCUT2D eigenvalue weighted by Gasteiger charge is 2.36. The molecule has 3 rings (SSSR count). The Hall–Kier alpha value is -3.24. The fourth-order valence-electron chi connectivity index (χ4n) is 3.37. The van der Waals surface area contributed by atoms with Gasteiger partial charge in [-0.3, -0.25) is 0 Å². The molecular weight excluding hydrogens is 472 g/mol. The Morgan fingerprint density at radius 2 is 1.88 bits per heavy atom. The molecule has 9 nitrogen and oxygen atoms in total. The number of carbonyl (C=O) groups is 2. The molecule has 2 amide bonds. The van der Waals surface area contributed by atoms with Crippen LogP contribution in [0.3, 0.4) is 0 Å². The molecule has 2 aromatic rings. The largest absolute Gasteiger partial charge is 0.497 e. The third-order valence-corrected chi connectivity index (χ3v) is 6.83. The quantitative estimate of drug-likeness (QED) is 0.541. The predicted octanol–water partition coefficient (Wildman–Crippen LogP) is 3.00. The van der Waals surface area contributed by atoms with Crippen LogP contribution in [-0.2, 0) is 19.4 Å². The zero-order valence-corrected chi connectivity index (χ0v) is 19.7. The van der Waals surface area contributed by atoms with Crippen LogP contribution < -0.4 is 20.1 Å². The highest BCUT2D eigenvalue weighted by Crippen LogP contribution is 2.32. The van der Waals surface area contributed by atoms with Crippen molar-refractivity contribution < 1.29 is 32.2 Å². The van der Waals surface area contributed by atoms with E-state index in [1.54, 1.807) is 31.2 Å². The van der Waals surface area contributed by atoms with Gasteiger partial charge in [0.15, 0.2) is 9.84 Å². The lowest BCUT2D eigenvalue weighted by molar-refractivity contribution is -0.139. The lowest BCUT2D eigenvalue weighted by Gasteiger charge is -2.29. The molecule has 0 fully saturated rings. The lowest BCUT2D eigenvalue weighted by atomic mass is 9.95. The van der Waals surface area contributed by atoms with Crippen molar-refractivity contribution in [1.29, 1.82) is 0 Å². The van der Waals surface area contributed by atoms with Gasteiger partial charge in [-0.2, -0.15) is 0 Å². The molecule has 0 unspecified atom stereocenters. The maximum Gasteiger partial charge on any atom is 0.338 e. The van der Waals surface area contributed by atoms with E-state index in [0.29, 0.717) is 17.1 Å². The summed E-state index contributed by atoms with van der Waals surface area (Å²) in [5.41, 5.74) is 0.416. The van der Waals surface area contributed by atoms with E-state index in [1.165, 1.54) is 32.4 Å². The number of halogens is 1. The second kappa shape index (κ2) is 10.1. The van der Waals surface area contributed by atoms with E-state index in [-0.39, 0.29) is 27.8 Å². The second-order valence-electron chi connectivity index (χ2n) is 6.98. The first-order valence-corrected chi connectivity index (χ1v) is 11.9. The van der Waals surface area contributed by atoms with Crippen LogP contribution in [0.2, 0.25) is 5.02 Å². The van der Waals surface area contributed by atoms with Crippen molar-refractivity contribution in [3.05, 3.63) is 64.3 Å². The van der Waals surface area contributed by atoms with Crippen LogP contribution in [-0.4, -0.2) is 47.0 Å². The minimum Gasteiger partial charge on any atom is -0.497 e. The van der Waals surface area contributed by atoms with Gasteiger partial charge in [0.1, 0.15) is 11.5 Å². The molecule has 1 aliphatic heterocycles. The average Bonchev–Trinajstić information content (AvgIpc) is 2.78. The van der Waals surface area contributed by atoms with E-state index < -0.39 is 33.6 Å². The van der Waals surface area contributed by atoms with Gasteiger partial charge in [-0.15, -0.1) is 0 Å². The zero-order valence-electron chi connectivity index (χ0n) is 18.2. The Morgan fingerprint density at radius 1 is 1.12 bits per heavy atom. The molecule has 0 saturated heterocycles. The number of nitrogens with one attached hydrogen (secondary N) is 2. The van der Waals surface area contributed by atoms with Gasteiger partial charge in [0, 0.05) is 5.70 Å². The molecule has 33 heavy (non-hydrogen) atoms. The van der Waals surface area contributed by atoms with Crippen molar-refractivity contribution in [2.75, 3.05) is 26.6 Å². The molecule has 0 aliphatic carbocycles. The molecule has 1 aliphatic rings. The summed E-state index contributed by atoms with van der Waals surface area (Å²) in [5, 5.41) is 5.23. The fourth-order valence-corrected chi connectivity index (χ4v) is 5.04. The number of ether oxygens (including phenoxy) is 3. The second-order valence-corrected chi connectivity index (χ2v) is 9.37. The molecule has 11 heteroatoms. The van der Waals surface area contributed by atoms with Gasteiger partial charge in [0.2, 0.25) is 0 Å². The van der Waals surface area contributed by atoms with Crippen molar-refractivity contribution in [1.82, 2.24) is 10.6 Å². The number of rotatable bonds is 8. The van der Waals surface area contributed by atoms with Crippen LogP contribution >= 0.6 is 11.6 Å². The monoisotopic (exact) mass is 494 g/mol. The maximum atomic E-state index is 13.2. The van der Waals surface area contributed by atoms with Gasteiger partial charge in [0.05, 0.1) is 48.1 Å². The normalized spacial score (nSPS) is 16.0. The van der Waals surface area contributed by atoms with Gasteiger partial charge in [-0.05, 0) is 42.8 Å². The van der Waals surface area contributed by atoms with Crippen LogP contribution in [0.5, 0.6) is 11.5 Å². The number of urea groups is 1. The molecule has 2 aromatic carbocycles. The Morgan fingerprint density at radius 3 is 2.52 bits per heavy atom. The molecule has 0 bridgehead atoms.